The van der Waals surface area contributed by atoms with Gasteiger partial charge in [0.1, 0.15) is 6.04 Å². The molecule has 0 spiro atoms. The summed E-state index contributed by atoms with van der Waals surface area (Å²) in [6.07, 6.45) is 0.179. The number of hydrogen-bond acceptors (Lipinski definition) is 3. The molecule has 1 amide bonds. The van der Waals surface area contributed by atoms with Crippen molar-refractivity contribution < 1.29 is 24.6 Å². The molecule has 1 aromatic rings. The molecule has 0 aliphatic heterocycles. The van der Waals surface area contributed by atoms with E-state index in [1.165, 1.54) is 0 Å². The molecule has 0 aliphatic rings. The van der Waals surface area contributed by atoms with Crippen molar-refractivity contribution >= 4 is 29.4 Å². The van der Waals surface area contributed by atoms with E-state index < -0.39 is 23.9 Å². The van der Waals surface area contributed by atoms with Crippen LogP contribution in [-0.2, 0) is 20.8 Å². The molecule has 0 saturated carbocycles. The number of carbonyl (C=O) groups excluding carboxylic acids is 1. The van der Waals surface area contributed by atoms with Crippen LogP contribution < -0.4 is 5.32 Å². The second-order valence-electron chi connectivity index (χ2n) is 4.55. The van der Waals surface area contributed by atoms with Crippen LogP contribution in [0.3, 0.4) is 0 Å². The van der Waals surface area contributed by atoms with Crippen LogP contribution in [0.25, 0.3) is 0 Å². The van der Waals surface area contributed by atoms with Crippen LogP contribution >= 0.6 is 11.6 Å². The normalized spacial score (nSPS) is 11.7. The largest absolute Gasteiger partial charge is 0.481 e. The van der Waals surface area contributed by atoms with Crippen molar-refractivity contribution in [3.8, 4) is 0 Å². The molecule has 1 atom stereocenters. The molecule has 0 aliphatic carbocycles. The van der Waals surface area contributed by atoms with Gasteiger partial charge in [-0.25, -0.2) is 4.79 Å². The lowest BCUT2D eigenvalue weighted by Gasteiger charge is -2.14. The minimum absolute atomic E-state index is 0.0415. The molecule has 1 aromatic carbocycles. The van der Waals surface area contributed by atoms with Gasteiger partial charge in [0.25, 0.3) is 0 Å². The van der Waals surface area contributed by atoms with Gasteiger partial charge in [0.2, 0.25) is 5.91 Å². The predicted octanol–water partition coefficient (Wildman–Crippen LogP) is 1.71. The van der Waals surface area contributed by atoms with Crippen LogP contribution in [0.15, 0.2) is 24.3 Å². The first kappa shape index (κ1) is 17.0. The lowest BCUT2D eigenvalue weighted by Crippen LogP contribution is -2.41. The van der Waals surface area contributed by atoms with Crippen LogP contribution in [0.5, 0.6) is 0 Å². The Hall–Kier alpha value is -2.08. The number of carboxylic acids is 2. The van der Waals surface area contributed by atoms with E-state index in [0.717, 1.165) is 0 Å². The zero-order valence-electron chi connectivity index (χ0n) is 11.2. The number of benzene rings is 1. The van der Waals surface area contributed by atoms with E-state index in [-0.39, 0.29) is 25.7 Å². The Balaban J connectivity index is 2.50. The topological polar surface area (TPSA) is 104 Å². The number of carboxylic acid groups (broad SMARTS) is 2. The first-order valence-corrected chi connectivity index (χ1v) is 6.74. The number of hydrogen-bond donors (Lipinski definition) is 3. The van der Waals surface area contributed by atoms with E-state index in [1.807, 2.05) is 0 Å². The summed E-state index contributed by atoms with van der Waals surface area (Å²) < 4.78 is 0. The molecule has 7 heteroatoms. The number of halogens is 1. The fraction of sp³-hybridized carbons (Fsp3) is 0.357. The highest BCUT2D eigenvalue weighted by atomic mass is 35.5. The first-order chi connectivity index (χ1) is 9.88. The van der Waals surface area contributed by atoms with Gasteiger partial charge in [-0.3, -0.25) is 9.59 Å². The number of aliphatic carboxylic acids is 2. The van der Waals surface area contributed by atoms with E-state index >= 15 is 0 Å². The maximum Gasteiger partial charge on any atom is 0.326 e. The maximum absolute atomic E-state index is 11.8. The van der Waals surface area contributed by atoms with Crippen molar-refractivity contribution in [2.24, 2.45) is 0 Å². The molecule has 0 heterocycles. The highest BCUT2D eigenvalue weighted by molar-refractivity contribution is 6.30. The smallest absolute Gasteiger partial charge is 0.326 e. The molecule has 0 fully saturated rings. The second kappa shape index (κ2) is 8.26. The van der Waals surface area contributed by atoms with Gasteiger partial charge in [0.15, 0.2) is 0 Å². The van der Waals surface area contributed by atoms with E-state index in [1.54, 1.807) is 24.3 Å². The summed E-state index contributed by atoms with van der Waals surface area (Å²) in [4.78, 5) is 33.2. The van der Waals surface area contributed by atoms with E-state index in [0.29, 0.717) is 10.6 Å². The average Bonchev–Trinajstić information content (AvgIpc) is 2.39. The molecule has 1 unspecified atom stereocenters. The minimum Gasteiger partial charge on any atom is -0.481 e. The predicted molar refractivity (Wildman–Crippen MR) is 76.2 cm³/mol. The number of rotatable bonds is 8. The monoisotopic (exact) mass is 313 g/mol. The van der Waals surface area contributed by atoms with Gasteiger partial charge in [0, 0.05) is 11.4 Å². The third-order valence-corrected chi connectivity index (χ3v) is 3.05. The van der Waals surface area contributed by atoms with Gasteiger partial charge in [-0.1, -0.05) is 23.7 Å². The second-order valence-corrected chi connectivity index (χ2v) is 4.98. The Kier molecular flexibility index (Phi) is 6.68. The molecular formula is C14H16ClNO5. The number of amides is 1. The summed E-state index contributed by atoms with van der Waals surface area (Å²) in [5.74, 6) is -2.60. The zero-order chi connectivity index (χ0) is 15.8. The molecule has 0 bridgehead atoms. The molecule has 0 aromatic heterocycles. The molecule has 1 rings (SSSR count). The van der Waals surface area contributed by atoms with Crippen molar-refractivity contribution in [1.29, 1.82) is 0 Å². The highest BCUT2D eigenvalue weighted by Gasteiger charge is 2.19. The van der Waals surface area contributed by atoms with Crippen molar-refractivity contribution in [3.63, 3.8) is 0 Å². The SMILES string of the molecule is O=C(O)CCCC(NC(=O)Cc1ccc(Cl)cc1)C(=O)O. The third kappa shape index (κ3) is 6.76. The first-order valence-electron chi connectivity index (χ1n) is 6.37. The Morgan fingerprint density at radius 1 is 1.14 bits per heavy atom. The Morgan fingerprint density at radius 2 is 1.76 bits per heavy atom. The molecule has 21 heavy (non-hydrogen) atoms. The van der Waals surface area contributed by atoms with E-state index in [2.05, 4.69) is 5.32 Å². The van der Waals surface area contributed by atoms with Crippen molar-refractivity contribution in [2.75, 3.05) is 0 Å². The van der Waals surface area contributed by atoms with Crippen molar-refractivity contribution in [2.45, 2.75) is 31.7 Å². The van der Waals surface area contributed by atoms with Crippen LogP contribution in [0.4, 0.5) is 0 Å². The van der Waals surface area contributed by atoms with Gasteiger partial charge in [-0.05, 0) is 30.5 Å². The summed E-state index contributed by atoms with van der Waals surface area (Å²) in [5, 5.41) is 20.5. The molecule has 3 N–H and O–H groups in total. The minimum atomic E-state index is -1.18. The molecular weight excluding hydrogens is 298 g/mol. The Bertz CT molecular complexity index is 515. The fourth-order valence-corrected chi connectivity index (χ4v) is 1.87. The van der Waals surface area contributed by atoms with E-state index in [9.17, 15) is 14.4 Å². The van der Waals surface area contributed by atoms with Crippen LogP contribution in [0.2, 0.25) is 5.02 Å². The summed E-state index contributed by atoms with van der Waals surface area (Å²) >= 11 is 5.73. The van der Waals surface area contributed by atoms with Gasteiger partial charge < -0.3 is 15.5 Å². The summed E-state index contributed by atoms with van der Waals surface area (Å²) in [6.45, 7) is 0. The standard InChI is InChI=1S/C14H16ClNO5/c15-10-6-4-9(5-7-10)8-12(17)16-11(14(20)21)2-1-3-13(18)19/h4-7,11H,1-3,8H2,(H,16,17)(H,18,19)(H,20,21). The molecule has 6 nitrogen and oxygen atoms in total. The van der Waals surface area contributed by atoms with Gasteiger partial charge in [-0.2, -0.15) is 0 Å². The molecule has 0 radical (unpaired) electrons. The average molecular weight is 314 g/mol. The van der Waals surface area contributed by atoms with Crippen LogP contribution in [0.1, 0.15) is 24.8 Å². The molecule has 0 saturated heterocycles. The van der Waals surface area contributed by atoms with Crippen molar-refractivity contribution in [3.05, 3.63) is 34.9 Å². The van der Waals surface area contributed by atoms with Gasteiger partial charge >= 0.3 is 11.9 Å². The molecule has 114 valence electrons. The summed E-state index contributed by atoms with van der Waals surface area (Å²) in [7, 11) is 0. The number of carbonyl (C=O) groups is 3. The van der Waals surface area contributed by atoms with Crippen LogP contribution in [-0.4, -0.2) is 34.1 Å². The Labute approximate surface area is 126 Å². The lowest BCUT2D eigenvalue weighted by atomic mass is 10.1. The van der Waals surface area contributed by atoms with E-state index in [4.69, 9.17) is 21.8 Å². The van der Waals surface area contributed by atoms with Crippen LogP contribution in [0, 0.1) is 0 Å². The number of nitrogens with one attached hydrogen (secondary N) is 1. The highest BCUT2D eigenvalue weighted by Crippen LogP contribution is 2.10. The third-order valence-electron chi connectivity index (χ3n) is 2.79. The summed E-state index contributed by atoms with van der Waals surface area (Å²) in [6, 6.07) is 5.57. The lowest BCUT2D eigenvalue weighted by molar-refractivity contribution is -0.142. The van der Waals surface area contributed by atoms with Gasteiger partial charge in [0.05, 0.1) is 6.42 Å². The quantitative estimate of drug-likeness (QED) is 0.678. The maximum atomic E-state index is 11.8. The fourth-order valence-electron chi connectivity index (χ4n) is 1.75. The Morgan fingerprint density at radius 3 is 2.29 bits per heavy atom. The van der Waals surface area contributed by atoms with Gasteiger partial charge in [-0.15, -0.1) is 0 Å². The zero-order valence-corrected chi connectivity index (χ0v) is 12.0. The van der Waals surface area contributed by atoms with Crippen molar-refractivity contribution in [1.82, 2.24) is 5.32 Å². The summed E-state index contributed by atoms with van der Waals surface area (Å²) in [5.41, 5.74) is 0.714.